The van der Waals surface area contributed by atoms with Gasteiger partial charge in [0.25, 0.3) is 0 Å². The van der Waals surface area contributed by atoms with E-state index in [9.17, 15) is 14.0 Å². The van der Waals surface area contributed by atoms with Crippen molar-refractivity contribution in [1.29, 1.82) is 0 Å². The Morgan fingerprint density at radius 1 is 1.15 bits per heavy atom. The first-order valence-electron chi connectivity index (χ1n) is 10.5. The van der Waals surface area contributed by atoms with Crippen molar-refractivity contribution >= 4 is 23.6 Å². The zero-order chi connectivity index (χ0) is 24.1. The van der Waals surface area contributed by atoms with E-state index in [1.54, 1.807) is 23.2 Å². The highest BCUT2D eigenvalue weighted by molar-refractivity contribution is 6.04. The largest absolute Gasteiger partial charge is 0.366 e. The molecule has 170 valence electrons. The van der Waals surface area contributed by atoms with Crippen molar-refractivity contribution in [3.63, 3.8) is 0 Å². The molecular formula is C26H22FN5O2. The van der Waals surface area contributed by atoms with Crippen LogP contribution in [0, 0.1) is 12.7 Å². The predicted octanol–water partition coefficient (Wildman–Crippen LogP) is 4.19. The van der Waals surface area contributed by atoms with Crippen LogP contribution in [0.2, 0.25) is 0 Å². The Morgan fingerprint density at radius 2 is 1.94 bits per heavy atom. The smallest absolute Gasteiger partial charge is 0.248 e. The van der Waals surface area contributed by atoms with Crippen LogP contribution in [0.15, 0.2) is 79.3 Å². The van der Waals surface area contributed by atoms with Gasteiger partial charge in [-0.1, -0.05) is 30.3 Å². The number of anilines is 1. The predicted molar refractivity (Wildman–Crippen MR) is 128 cm³/mol. The summed E-state index contributed by atoms with van der Waals surface area (Å²) >= 11 is 0. The number of halogens is 1. The maximum atomic E-state index is 14.1. The molecule has 0 spiro atoms. The van der Waals surface area contributed by atoms with Crippen molar-refractivity contribution < 1.29 is 14.0 Å². The van der Waals surface area contributed by atoms with Gasteiger partial charge in [0.15, 0.2) is 0 Å². The zero-order valence-corrected chi connectivity index (χ0v) is 18.4. The van der Waals surface area contributed by atoms with Gasteiger partial charge in [0, 0.05) is 52.6 Å². The average molecular weight is 455 g/mol. The number of pyridine rings is 1. The van der Waals surface area contributed by atoms with Crippen LogP contribution in [-0.4, -0.2) is 26.6 Å². The molecule has 2 heterocycles. The number of carbonyl (C=O) groups excluding carboxylic acids is 2. The molecule has 0 aliphatic carbocycles. The van der Waals surface area contributed by atoms with E-state index in [1.807, 2.05) is 48.7 Å². The van der Waals surface area contributed by atoms with Crippen LogP contribution in [-0.2, 0) is 11.3 Å². The van der Waals surface area contributed by atoms with Crippen LogP contribution >= 0.6 is 0 Å². The lowest BCUT2D eigenvalue weighted by Crippen LogP contribution is -2.15. The molecule has 2 aromatic heterocycles. The quantitative estimate of drug-likeness (QED) is 0.408. The monoisotopic (exact) mass is 455 g/mol. The molecule has 0 aliphatic rings. The first kappa shape index (κ1) is 22.6. The first-order chi connectivity index (χ1) is 16.4. The van der Waals surface area contributed by atoms with Gasteiger partial charge in [-0.05, 0) is 42.8 Å². The topological polar surface area (TPSA) is 103 Å². The zero-order valence-electron chi connectivity index (χ0n) is 18.4. The Labute approximate surface area is 195 Å². The summed E-state index contributed by atoms with van der Waals surface area (Å²) in [4.78, 5) is 28.2. The molecule has 8 heteroatoms. The van der Waals surface area contributed by atoms with Crippen LogP contribution in [0.25, 0.3) is 17.3 Å². The summed E-state index contributed by atoms with van der Waals surface area (Å²) in [5.41, 5.74) is 8.89. The highest BCUT2D eigenvalue weighted by Gasteiger charge is 2.13. The molecule has 0 unspecified atom stereocenters. The van der Waals surface area contributed by atoms with Crippen molar-refractivity contribution in [1.82, 2.24) is 14.8 Å². The van der Waals surface area contributed by atoms with E-state index in [-0.39, 0.29) is 16.8 Å². The molecule has 0 atom stereocenters. The fourth-order valence-electron chi connectivity index (χ4n) is 3.43. The van der Waals surface area contributed by atoms with E-state index < -0.39 is 17.6 Å². The first-order valence-corrected chi connectivity index (χ1v) is 10.5. The third kappa shape index (κ3) is 5.24. The van der Waals surface area contributed by atoms with Gasteiger partial charge in [0.05, 0.1) is 6.54 Å². The number of primary amides is 1. The fraction of sp³-hybridized carbons (Fsp3) is 0.0769. The number of nitrogens with zero attached hydrogens (tertiary/aromatic N) is 3. The number of benzene rings is 2. The Morgan fingerprint density at radius 3 is 2.65 bits per heavy atom. The minimum Gasteiger partial charge on any atom is -0.366 e. The van der Waals surface area contributed by atoms with Crippen molar-refractivity contribution in [3.05, 3.63) is 107 Å². The summed E-state index contributed by atoms with van der Waals surface area (Å²) < 4.78 is 15.9. The third-order valence-corrected chi connectivity index (χ3v) is 5.21. The summed E-state index contributed by atoms with van der Waals surface area (Å²) in [6.45, 7) is 2.07. The highest BCUT2D eigenvalue weighted by atomic mass is 19.1. The third-order valence-electron chi connectivity index (χ3n) is 5.21. The number of nitrogens with two attached hydrogens (primary N) is 1. The molecule has 0 aliphatic heterocycles. The minimum atomic E-state index is -0.781. The van der Waals surface area contributed by atoms with Gasteiger partial charge in [-0.2, -0.15) is 5.10 Å². The standard InChI is InChI=1S/C26H22FN5O2/c1-17-22(27)12-21(26(28)34)13-23(17)30-24(33)10-9-20-16-32(15-18-6-3-2-4-7-18)31-25(20)19-8-5-11-29-14-19/h2-14,16H,15H2,1H3,(H2,28,34)(H,30,33). The summed E-state index contributed by atoms with van der Waals surface area (Å²) in [6, 6.07) is 16.0. The average Bonchev–Trinajstić information content (AvgIpc) is 3.24. The molecule has 3 N–H and O–H groups in total. The Balaban J connectivity index is 1.60. The van der Waals surface area contributed by atoms with Crippen LogP contribution in [0.4, 0.5) is 10.1 Å². The number of hydrogen-bond donors (Lipinski definition) is 2. The molecule has 2 aromatic carbocycles. The molecule has 0 fully saturated rings. The van der Waals surface area contributed by atoms with Crippen molar-refractivity contribution in [2.45, 2.75) is 13.5 Å². The van der Waals surface area contributed by atoms with E-state index in [1.165, 1.54) is 19.1 Å². The molecule has 4 rings (SSSR count). The van der Waals surface area contributed by atoms with Gasteiger partial charge >= 0.3 is 0 Å². The van der Waals surface area contributed by atoms with E-state index in [0.717, 1.165) is 17.2 Å². The molecule has 0 saturated heterocycles. The fourth-order valence-corrected chi connectivity index (χ4v) is 3.43. The maximum absolute atomic E-state index is 14.1. The van der Waals surface area contributed by atoms with E-state index in [2.05, 4.69) is 15.4 Å². The van der Waals surface area contributed by atoms with Crippen LogP contribution < -0.4 is 11.1 Å². The van der Waals surface area contributed by atoms with Crippen molar-refractivity contribution in [2.24, 2.45) is 5.73 Å². The van der Waals surface area contributed by atoms with Gasteiger partial charge in [-0.25, -0.2) is 4.39 Å². The van der Waals surface area contributed by atoms with E-state index in [0.29, 0.717) is 17.8 Å². The molecule has 0 saturated carbocycles. The lowest BCUT2D eigenvalue weighted by Gasteiger charge is -2.09. The molecular weight excluding hydrogens is 433 g/mol. The molecule has 34 heavy (non-hydrogen) atoms. The van der Waals surface area contributed by atoms with Crippen LogP contribution in [0.5, 0.6) is 0 Å². The SMILES string of the molecule is Cc1c(F)cc(C(N)=O)cc1NC(=O)C=Cc1cn(Cc2ccccc2)nc1-c1cccnc1. The lowest BCUT2D eigenvalue weighted by atomic mass is 10.1. The van der Waals surface area contributed by atoms with Crippen molar-refractivity contribution in [2.75, 3.05) is 5.32 Å². The Bertz CT molecular complexity index is 1360. The highest BCUT2D eigenvalue weighted by Crippen LogP contribution is 2.24. The number of aromatic nitrogens is 3. The summed E-state index contributed by atoms with van der Waals surface area (Å²) in [7, 11) is 0. The summed E-state index contributed by atoms with van der Waals surface area (Å²) in [5, 5.41) is 7.30. The Hall–Kier alpha value is -4.59. The van der Waals surface area contributed by atoms with Gasteiger partial charge in [-0.15, -0.1) is 0 Å². The van der Waals surface area contributed by atoms with Gasteiger partial charge in [0.2, 0.25) is 11.8 Å². The minimum absolute atomic E-state index is 0.0246. The number of carbonyl (C=O) groups is 2. The maximum Gasteiger partial charge on any atom is 0.248 e. The number of amides is 2. The Kier molecular flexibility index (Phi) is 6.59. The molecule has 4 aromatic rings. The van der Waals surface area contributed by atoms with Crippen molar-refractivity contribution in [3.8, 4) is 11.3 Å². The second kappa shape index (κ2) is 9.91. The molecule has 0 radical (unpaired) electrons. The van der Waals surface area contributed by atoms with E-state index >= 15 is 0 Å². The second-order valence-electron chi connectivity index (χ2n) is 7.68. The molecule has 2 amide bonds. The number of rotatable bonds is 7. The van der Waals surface area contributed by atoms with Crippen LogP contribution in [0.1, 0.15) is 27.0 Å². The lowest BCUT2D eigenvalue weighted by molar-refractivity contribution is -0.111. The van der Waals surface area contributed by atoms with Gasteiger partial charge < -0.3 is 11.1 Å². The number of hydrogen-bond acceptors (Lipinski definition) is 4. The van der Waals surface area contributed by atoms with Gasteiger partial charge in [-0.3, -0.25) is 19.3 Å². The second-order valence-corrected chi connectivity index (χ2v) is 7.68. The van der Waals surface area contributed by atoms with Gasteiger partial charge in [0.1, 0.15) is 11.5 Å². The summed E-state index contributed by atoms with van der Waals surface area (Å²) in [6.07, 6.45) is 8.19. The summed E-state index contributed by atoms with van der Waals surface area (Å²) in [5.74, 6) is -1.90. The number of nitrogens with one attached hydrogen (secondary N) is 1. The molecule has 0 bridgehead atoms. The van der Waals surface area contributed by atoms with E-state index in [4.69, 9.17) is 5.73 Å². The molecule has 7 nitrogen and oxygen atoms in total. The van der Waals surface area contributed by atoms with Crippen LogP contribution in [0.3, 0.4) is 0 Å². The normalized spacial score (nSPS) is 11.0.